The molecule has 1 saturated heterocycles. The van der Waals surface area contributed by atoms with Crippen LogP contribution in [0.25, 0.3) is 0 Å². The lowest BCUT2D eigenvalue weighted by Gasteiger charge is -2.36. The predicted octanol–water partition coefficient (Wildman–Crippen LogP) is 8.17. The van der Waals surface area contributed by atoms with Gasteiger partial charge in [-0.15, -0.1) is 0 Å². The zero-order valence-corrected chi connectivity index (χ0v) is 32.6. The van der Waals surface area contributed by atoms with E-state index < -0.39 is 55.7 Å². The molecule has 0 saturated carbocycles. The number of halogens is 1. The van der Waals surface area contributed by atoms with Crippen LogP contribution in [-0.4, -0.2) is 70.9 Å². The van der Waals surface area contributed by atoms with Gasteiger partial charge in [-0.05, 0) is 36.6 Å². The van der Waals surface area contributed by atoms with Crippen molar-refractivity contribution in [2.75, 3.05) is 29.5 Å². The van der Waals surface area contributed by atoms with E-state index >= 15 is 0 Å². The molecule has 282 valence electrons. The van der Waals surface area contributed by atoms with E-state index in [0.717, 1.165) is 29.1 Å². The molecule has 1 fully saturated rings. The average molecular weight is 745 g/mol. The number of benzene rings is 2. The summed E-state index contributed by atoms with van der Waals surface area (Å²) in [4.78, 5) is 53.6. The summed E-state index contributed by atoms with van der Waals surface area (Å²) in [5.74, 6) is -2.15. The first kappa shape index (κ1) is 42.0. The van der Waals surface area contributed by atoms with E-state index in [2.05, 4.69) is 17.6 Å². The van der Waals surface area contributed by atoms with Gasteiger partial charge in [0.15, 0.2) is 15.6 Å². The Morgan fingerprint density at radius 1 is 0.843 bits per heavy atom. The number of anilines is 2. The number of hydrogen-bond donors (Lipinski definition) is 2. The smallest absolute Gasteiger partial charge is 0.329 e. The molecule has 0 spiro atoms. The fourth-order valence-electron chi connectivity index (χ4n) is 6.18. The Bertz CT molecular complexity index is 1580. The molecule has 10 nitrogen and oxygen atoms in total. The van der Waals surface area contributed by atoms with Crippen LogP contribution in [-0.2, 0) is 30.8 Å². The van der Waals surface area contributed by atoms with E-state index in [4.69, 9.17) is 11.6 Å². The maximum Gasteiger partial charge on any atom is 0.329 e. The fourth-order valence-corrected chi connectivity index (χ4v) is 8.43. The molecule has 51 heavy (non-hydrogen) atoms. The first-order valence-corrected chi connectivity index (χ1v) is 20.5. The molecule has 1 aliphatic heterocycles. The van der Waals surface area contributed by atoms with Crippen LogP contribution < -0.4 is 10.6 Å². The van der Waals surface area contributed by atoms with Crippen molar-refractivity contribution in [2.45, 2.75) is 122 Å². The third kappa shape index (κ3) is 11.8. The van der Waals surface area contributed by atoms with Crippen LogP contribution >= 0.6 is 11.6 Å². The van der Waals surface area contributed by atoms with E-state index in [9.17, 15) is 27.6 Å². The molecule has 12 heteroatoms. The van der Waals surface area contributed by atoms with Gasteiger partial charge < -0.3 is 10.6 Å². The van der Waals surface area contributed by atoms with Crippen LogP contribution in [0.15, 0.2) is 54.6 Å². The molecule has 1 heterocycles. The van der Waals surface area contributed by atoms with Crippen molar-refractivity contribution < 1.29 is 27.6 Å². The molecule has 2 atom stereocenters. The van der Waals surface area contributed by atoms with Gasteiger partial charge in [0, 0.05) is 23.3 Å². The monoisotopic (exact) mass is 744 g/mol. The number of Topliss-reactive ketones (excluding diaryl/α,β-unsaturated/α-hetero) is 1. The summed E-state index contributed by atoms with van der Waals surface area (Å²) in [5, 5.41) is 5.29. The zero-order chi connectivity index (χ0) is 37.7. The Balaban J connectivity index is 1.64. The fraction of sp³-hybridized carbons (Fsp3) is 0.590. The molecule has 2 unspecified atom stereocenters. The Morgan fingerprint density at radius 3 is 2.02 bits per heavy atom. The number of imide groups is 1. The van der Waals surface area contributed by atoms with Crippen molar-refractivity contribution in [1.82, 2.24) is 9.80 Å². The molecule has 2 aromatic carbocycles. The number of carbonyl (C=O) groups is 4. The lowest BCUT2D eigenvalue weighted by molar-refractivity contribution is -0.139. The molecule has 3 rings (SSSR count). The molecular weight excluding hydrogens is 688 g/mol. The molecule has 0 bridgehead atoms. The van der Waals surface area contributed by atoms with Crippen LogP contribution in [0, 0.1) is 5.41 Å². The summed E-state index contributed by atoms with van der Waals surface area (Å²) >= 11 is 6.90. The van der Waals surface area contributed by atoms with Gasteiger partial charge in [0.25, 0.3) is 16.8 Å². The zero-order valence-electron chi connectivity index (χ0n) is 31.0. The van der Waals surface area contributed by atoms with Gasteiger partial charge in [0.05, 0.1) is 17.5 Å². The van der Waals surface area contributed by atoms with Crippen LogP contribution in [0.1, 0.15) is 111 Å². The highest BCUT2D eigenvalue weighted by Crippen LogP contribution is 2.36. The highest BCUT2D eigenvalue weighted by molar-refractivity contribution is 7.92. The lowest BCUT2D eigenvalue weighted by atomic mass is 9.85. The molecule has 4 amide bonds. The number of nitrogens with one attached hydrogen (secondary N) is 2. The van der Waals surface area contributed by atoms with Crippen molar-refractivity contribution in [3.8, 4) is 0 Å². The van der Waals surface area contributed by atoms with Gasteiger partial charge in [-0.1, -0.05) is 140 Å². The number of hydrogen-bond acceptors (Lipinski definition) is 7. The Labute approximate surface area is 310 Å². The largest absolute Gasteiger partial charge is 0.384 e. The number of rotatable bonds is 22. The normalized spacial score (nSPS) is 15.5. The topological polar surface area (TPSA) is 133 Å². The van der Waals surface area contributed by atoms with Crippen molar-refractivity contribution in [3.05, 3.63) is 60.2 Å². The van der Waals surface area contributed by atoms with E-state index in [0.29, 0.717) is 24.1 Å². The first-order valence-electron chi connectivity index (χ1n) is 18.4. The molecule has 1 aliphatic rings. The minimum atomic E-state index is -3.32. The highest BCUT2D eigenvalue weighted by atomic mass is 35.5. The number of carbonyl (C=O) groups excluding carboxylic acids is 4. The van der Waals surface area contributed by atoms with Crippen molar-refractivity contribution in [3.63, 3.8) is 0 Å². The van der Waals surface area contributed by atoms with Crippen molar-refractivity contribution >= 4 is 56.4 Å². The number of urea groups is 1. The third-order valence-electron chi connectivity index (χ3n) is 9.29. The minimum absolute atomic E-state index is 0.0330. The Morgan fingerprint density at radius 2 is 1.43 bits per heavy atom. The second kappa shape index (κ2) is 19.4. The van der Waals surface area contributed by atoms with Crippen LogP contribution in [0.4, 0.5) is 16.2 Å². The maximum absolute atomic E-state index is 13.9. The quantitative estimate of drug-likeness (QED) is 0.0409. The summed E-state index contributed by atoms with van der Waals surface area (Å²) < 4.78 is 26.4. The summed E-state index contributed by atoms with van der Waals surface area (Å²) in [6, 6.07) is 14.7. The third-order valence-corrected chi connectivity index (χ3v) is 12.2. The SMILES string of the molecule is CCCCCCCCCCCCS(=O)(=O)C(CC)CNc1cccc(NC(=O)C(Cl)(C(=O)C(C)(C)C)N2CC(=O)N(Cc3ccccc3)C2=O)c1. The van der Waals surface area contributed by atoms with Gasteiger partial charge in [0.1, 0.15) is 6.54 Å². The number of nitrogens with zero attached hydrogens (tertiary/aromatic N) is 2. The maximum atomic E-state index is 13.9. The van der Waals surface area contributed by atoms with Gasteiger partial charge in [0.2, 0.25) is 0 Å². The second-order valence-electron chi connectivity index (χ2n) is 14.5. The van der Waals surface area contributed by atoms with Gasteiger partial charge in [-0.25, -0.2) is 13.2 Å². The summed E-state index contributed by atoms with van der Waals surface area (Å²) in [5.41, 5.74) is 0.392. The van der Waals surface area contributed by atoms with Crippen molar-refractivity contribution in [1.29, 1.82) is 0 Å². The van der Waals surface area contributed by atoms with Crippen LogP contribution in [0.5, 0.6) is 0 Å². The van der Waals surface area contributed by atoms with Crippen LogP contribution in [0.3, 0.4) is 0 Å². The number of alkyl halides is 1. The number of amides is 4. The summed E-state index contributed by atoms with van der Waals surface area (Å²) in [6.45, 7) is 8.45. The average Bonchev–Trinajstić information content (AvgIpc) is 3.37. The predicted molar refractivity (Wildman–Crippen MR) is 205 cm³/mol. The minimum Gasteiger partial charge on any atom is -0.384 e. The molecule has 0 aromatic heterocycles. The second-order valence-corrected chi connectivity index (χ2v) is 17.5. The Hall–Kier alpha value is -3.44. The number of unbranched alkanes of at least 4 members (excludes halogenated alkanes) is 9. The van der Waals surface area contributed by atoms with E-state index in [1.807, 2.05) is 13.0 Å². The first-order chi connectivity index (χ1) is 24.1. The van der Waals surface area contributed by atoms with Gasteiger partial charge in [-0.2, -0.15) is 0 Å². The van der Waals surface area contributed by atoms with Crippen molar-refractivity contribution in [2.24, 2.45) is 5.41 Å². The molecule has 2 N–H and O–H groups in total. The van der Waals surface area contributed by atoms with E-state index in [1.54, 1.807) is 69.3 Å². The van der Waals surface area contributed by atoms with Gasteiger partial charge >= 0.3 is 6.03 Å². The standard InChI is InChI=1S/C39H57ClN4O6S/c1-6-8-9-10-11-12-13-14-15-19-25-51(49,50)33(7-2)27-41-31-23-20-24-32(26-31)42-36(47)39(40,35(46)38(3,4)5)44-29-34(45)43(37(44)48)28-30-21-17-16-18-22-30/h16-18,20-24,26,33,41H,6-15,19,25,27-29H2,1-5H3,(H,42,47). The van der Waals surface area contributed by atoms with E-state index in [-0.39, 0.29) is 24.5 Å². The van der Waals surface area contributed by atoms with Gasteiger partial charge in [-0.3, -0.25) is 24.2 Å². The molecule has 2 aromatic rings. The van der Waals surface area contributed by atoms with Crippen LogP contribution in [0.2, 0.25) is 0 Å². The Kier molecular flexibility index (Phi) is 16.0. The molecule has 0 radical (unpaired) electrons. The molecule has 0 aliphatic carbocycles. The summed E-state index contributed by atoms with van der Waals surface area (Å²) in [6.07, 6.45) is 11.8. The highest BCUT2D eigenvalue weighted by Gasteiger charge is 2.58. The number of ketones is 1. The summed E-state index contributed by atoms with van der Waals surface area (Å²) in [7, 11) is -3.32. The van der Waals surface area contributed by atoms with E-state index in [1.165, 1.54) is 38.5 Å². The number of sulfone groups is 1. The lowest BCUT2D eigenvalue weighted by Crippen LogP contribution is -2.62. The molecular formula is C39H57ClN4O6S.